The summed E-state index contributed by atoms with van der Waals surface area (Å²) in [5.41, 5.74) is 0. The number of rotatable bonds is 3. The number of carbonyl (C=O) groups is 1. The number of carboxylic acids is 1. The summed E-state index contributed by atoms with van der Waals surface area (Å²) >= 11 is 0. The van der Waals surface area contributed by atoms with Crippen LogP contribution in [0.3, 0.4) is 0 Å². The standard InChI is InChI=1S/C12H21NO2/c14-12(15)11-7-4-8-13(11)9-10-5-2-1-3-6-10/h10-11H,1-9H2,(H,14,15)/t11-/m0/s1. The van der Waals surface area contributed by atoms with Crippen LogP contribution in [0.2, 0.25) is 0 Å². The van der Waals surface area contributed by atoms with Crippen LogP contribution in [0.4, 0.5) is 0 Å². The number of aliphatic carboxylic acids is 1. The summed E-state index contributed by atoms with van der Waals surface area (Å²) in [4.78, 5) is 13.2. The highest BCUT2D eigenvalue weighted by Gasteiger charge is 2.31. The SMILES string of the molecule is O=C(O)[C@@H]1CCCN1CC1CCCCC1. The van der Waals surface area contributed by atoms with Crippen molar-refractivity contribution in [1.29, 1.82) is 0 Å². The van der Waals surface area contributed by atoms with E-state index in [0.717, 1.165) is 31.8 Å². The molecule has 0 bridgehead atoms. The van der Waals surface area contributed by atoms with E-state index in [0.29, 0.717) is 0 Å². The molecule has 1 atom stereocenters. The first-order chi connectivity index (χ1) is 7.27. The molecule has 1 saturated heterocycles. The Morgan fingerprint density at radius 2 is 1.87 bits per heavy atom. The summed E-state index contributed by atoms with van der Waals surface area (Å²) in [6.45, 7) is 2.02. The number of hydrogen-bond donors (Lipinski definition) is 1. The molecule has 0 aromatic heterocycles. The third kappa shape index (κ3) is 2.71. The molecule has 2 rings (SSSR count). The highest BCUT2D eigenvalue weighted by atomic mass is 16.4. The molecule has 0 aromatic carbocycles. The second kappa shape index (κ2) is 4.97. The van der Waals surface area contributed by atoms with E-state index in [1.54, 1.807) is 0 Å². The molecule has 1 N–H and O–H groups in total. The zero-order valence-corrected chi connectivity index (χ0v) is 9.32. The zero-order valence-electron chi connectivity index (χ0n) is 9.32. The Kier molecular flexibility index (Phi) is 3.62. The van der Waals surface area contributed by atoms with Crippen molar-refractivity contribution in [2.45, 2.75) is 51.0 Å². The average Bonchev–Trinajstić information content (AvgIpc) is 2.67. The van der Waals surface area contributed by atoms with Crippen LogP contribution < -0.4 is 0 Å². The van der Waals surface area contributed by atoms with Crippen LogP contribution in [0.25, 0.3) is 0 Å². The molecule has 15 heavy (non-hydrogen) atoms. The first-order valence-corrected chi connectivity index (χ1v) is 6.24. The summed E-state index contributed by atoms with van der Waals surface area (Å²) in [6.07, 6.45) is 8.59. The molecule has 86 valence electrons. The fraction of sp³-hybridized carbons (Fsp3) is 0.917. The molecule has 0 unspecified atom stereocenters. The van der Waals surface area contributed by atoms with Crippen LogP contribution in [0.15, 0.2) is 0 Å². The molecule has 0 aromatic rings. The summed E-state index contributed by atoms with van der Waals surface area (Å²) in [5.74, 6) is 0.141. The van der Waals surface area contributed by atoms with Crippen molar-refractivity contribution in [3.63, 3.8) is 0 Å². The predicted molar refractivity (Wildman–Crippen MR) is 58.8 cm³/mol. The van der Waals surface area contributed by atoms with E-state index in [2.05, 4.69) is 4.90 Å². The number of carboxylic acid groups (broad SMARTS) is 1. The van der Waals surface area contributed by atoms with E-state index in [-0.39, 0.29) is 6.04 Å². The zero-order chi connectivity index (χ0) is 10.7. The maximum atomic E-state index is 11.0. The van der Waals surface area contributed by atoms with Gasteiger partial charge in [-0.15, -0.1) is 0 Å². The maximum Gasteiger partial charge on any atom is 0.320 e. The molecule has 1 aliphatic heterocycles. The maximum absolute atomic E-state index is 11.0. The predicted octanol–water partition coefficient (Wildman–Crippen LogP) is 2.12. The molecule has 0 spiro atoms. The van der Waals surface area contributed by atoms with Crippen LogP contribution in [0.5, 0.6) is 0 Å². The van der Waals surface area contributed by atoms with Crippen molar-refractivity contribution >= 4 is 5.97 Å². The second-order valence-corrected chi connectivity index (χ2v) is 5.00. The molecule has 1 aliphatic carbocycles. The highest BCUT2D eigenvalue weighted by molar-refractivity contribution is 5.73. The Labute approximate surface area is 91.5 Å². The third-order valence-electron chi connectivity index (χ3n) is 3.87. The Balaban J connectivity index is 1.84. The van der Waals surface area contributed by atoms with Gasteiger partial charge in [0.1, 0.15) is 6.04 Å². The van der Waals surface area contributed by atoms with Gasteiger partial charge in [-0.05, 0) is 38.1 Å². The molecule has 3 heteroatoms. The minimum atomic E-state index is -0.622. The van der Waals surface area contributed by atoms with E-state index in [4.69, 9.17) is 5.11 Å². The molecular formula is C12H21NO2. The van der Waals surface area contributed by atoms with Crippen molar-refractivity contribution < 1.29 is 9.90 Å². The van der Waals surface area contributed by atoms with Gasteiger partial charge in [0, 0.05) is 6.54 Å². The Morgan fingerprint density at radius 3 is 2.53 bits per heavy atom. The smallest absolute Gasteiger partial charge is 0.320 e. The Hall–Kier alpha value is -0.570. The molecule has 1 saturated carbocycles. The second-order valence-electron chi connectivity index (χ2n) is 5.00. The van der Waals surface area contributed by atoms with Gasteiger partial charge in [0.25, 0.3) is 0 Å². The lowest BCUT2D eigenvalue weighted by Gasteiger charge is -2.29. The average molecular weight is 211 g/mol. The van der Waals surface area contributed by atoms with E-state index >= 15 is 0 Å². The van der Waals surface area contributed by atoms with Gasteiger partial charge in [0.05, 0.1) is 0 Å². The van der Waals surface area contributed by atoms with Gasteiger partial charge in [-0.1, -0.05) is 19.3 Å². The van der Waals surface area contributed by atoms with Gasteiger partial charge < -0.3 is 5.11 Å². The highest BCUT2D eigenvalue weighted by Crippen LogP contribution is 2.27. The van der Waals surface area contributed by atoms with Crippen molar-refractivity contribution in [1.82, 2.24) is 4.90 Å². The summed E-state index contributed by atoms with van der Waals surface area (Å²) < 4.78 is 0. The van der Waals surface area contributed by atoms with Crippen LogP contribution >= 0.6 is 0 Å². The molecule has 1 heterocycles. The van der Waals surface area contributed by atoms with Gasteiger partial charge in [0.15, 0.2) is 0 Å². The van der Waals surface area contributed by atoms with E-state index in [9.17, 15) is 4.79 Å². The van der Waals surface area contributed by atoms with Gasteiger partial charge >= 0.3 is 5.97 Å². The molecule has 2 aliphatic rings. The fourth-order valence-electron chi connectivity index (χ4n) is 3.03. The van der Waals surface area contributed by atoms with E-state index < -0.39 is 5.97 Å². The quantitative estimate of drug-likeness (QED) is 0.777. The minimum absolute atomic E-state index is 0.188. The van der Waals surface area contributed by atoms with Crippen LogP contribution in [0.1, 0.15) is 44.9 Å². The lowest BCUT2D eigenvalue weighted by atomic mass is 9.89. The van der Waals surface area contributed by atoms with Crippen LogP contribution in [-0.2, 0) is 4.79 Å². The summed E-state index contributed by atoms with van der Waals surface area (Å²) in [7, 11) is 0. The molecule has 0 radical (unpaired) electrons. The summed E-state index contributed by atoms with van der Waals surface area (Å²) in [5, 5.41) is 9.07. The van der Waals surface area contributed by atoms with Gasteiger partial charge in [0.2, 0.25) is 0 Å². The minimum Gasteiger partial charge on any atom is -0.480 e. The largest absolute Gasteiger partial charge is 0.480 e. The lowest BCUT2D eigenvalue weighted by Crippen LogP contribution is -2.39. The topological polar surface area (TPSA) is 40.5 Å². The fourth-order valence-corrected chi connectivity index (χ4v) is 3.03. The van der Waals surface area contributed by atoms with E-state index in [1.807, 2.05) is 0 Å². The number of nitrogens with zero attached hydrogens (tertiary/aromatic N) is 1. The molecule has 2 fully saturated rings. The summed E-state index contributed by atoms with van der Waals surface area (Å²) in [6, 6.07) is -0.188. The lowest BCUT2D eigenvalue weighted by molar-refractivity contribution is -0.142. The monoisotopic (exact) mass is 211 g/mol. The Morgan fingerprint density at radius 1 is 1.13 bits per heavy atom. The van der Waals surface area contributed by atoms with Crippen LogP contribution in [-0.4, -0.2) is 35.1 Å². The molecule has 3 nitrogen and oxygen atoms in total. The number of likely N-dealkylation sites (tertiary alicyclic amines) is 1. The number of hydrogen-bond acceptors (Lipinski definition) is 2. The normalized spacial score (nSPS) is 29.5. The third-order valence-corrected chi connectivity index (χ3v) is 3.87. The van der Waals surface area contributed by atoms with Crippen molar-refractivity contribution in [3.8, 4) is 0 Å². The first kappa shape index (κ1) is 10.9. The van der Waals surface area contributed by atoms with Gasteiger partial charge in [-0.2, -0.15) is 0 Å². The van der Waals surface area contributed by atoms with Gasteiger partial charge in [-0.3, -0.25) is 9.69 Å². The Bertz CT molecular complexity index is 224. The van der Waals surface area contributed by atoms with Crippen LogP contribution in [0, 0.1) is 5.92 Å². The van der Waals surface area contributed by atoms with Gasteiger partial charge in [-0.25, -0.2) is 0 Å². The first-order valence-electron chi connectivity index (χ1n) is 6.24. The van der Waals surface area contributed by atoms with Crippen molar-refractivity contribution in [2.24, 2.45) is 5.92 Å². The van der Waals surface area contributed by atoms with E-state index in [1.165, 1.54) is 32.1 Å². The molecule has 0 amide bonds. The van der Waals surface area contributed by atoms with Crippen molar-refractivity contribution in [2.75, 3.05) is 13.1 Å². The van der Waals surface area contributed by atoms with Crippen molar-refractivity contribution in [3.05, 3.63) is 0 Å². The molecular weight excluding hydrogens is 190 g/mol.